The standard InChI is InChI=1S/C12H14BrF2NOS/c13-9-1-2-11(17-12(14)15)8(5-9)6-16-10-3-4-18-7-10/h1-2,5,10,12,16H,3-4,6-7H2. The van der Waals surface area contributed by atoms with Crippen molar-refractivity contribution in [1.29, 1.82) is 0 Å². The smallest absolute Gasteiger partial charge is 0.387 e. The Labute approximate surface area is 118 Å². The van der Waals surface area contributed by atoms with E-state index in [1.165, 1.54) is 0 Å². The van der Waals surface area contributed by atoms with Crippen molar-refractivity contribution in [3.63, 3.8) is 0 Å². The van der Waals surface area contributed by atoms with Gasteiger partial charge in [0.1, 0.15) is 5.75 Å². The molecule has 1 aromatic carbocycles. The lowest BCUT2D eigenvalue weighted by Crippen LogP contribution is -2.28. The molecule has 0 bridgehead atoms. The summed E-state index contributed by atoms with van der Waals surface area (Å²) < 4.78 is 29.9. The quantitative estimate of drug-likeness (QED) is 0.886. The molecule has 0 aromatic heterocycles. The molecule has 0 amide bonds. The third-order valence-electron chi connectivity index (χ3n) is 2.75. The maximum Gasteiger partial charge on any atom is 0.387 e. The highest BCUT2D eigenvalue weighted by Gasteiger charge is 2.16. The minimum atomic E-state index is -2.79. The fourth-order valence-corrected chi connectivity index (χ4v) is 3.44. The number of thioether (sulfide) groups is 1. The fraction of sp³-hybridized carbons (Fsp3) is 0.500. The molecular weight excluding hydrogens is 324 g/mol. The van der Waals surface area contributed by atoms with Crippen molar-refractivity contribution in [3.8, 4) is 5.75 Å². The number of ether oxygens (including phenoxy) is 1. The van der Waals surface area contributed by atoms with E-state index in [-0.39, 0.29) is 5.75 Å². The van der Waals surface area contributed by atoms with E-state index < -0.39 is 6.61 Å². The number of rotatable bonds is 5. The molecule has 1 aromatic rings. The van der Waals surface area contributed by atoms with Gasteiger partial charge < -0.3 is 10.1 Å². The lowest BCUT2D eigenvalue weighted by molar-refractivity contribution is -0.0505. The minimum Gasteiger partial charge on any atom is -0.434 e. The molecule has 1 atom stereocenters. The maximum absolute atomic E-state index is 12.3. The summed E-state index contributed by atoms with van der Waals surface area (Å²) in [6.45, 7) is -2.24. The second-order valence-electron chi connectivity index (χ2n) is 4.07. The highest BCUT2D eigenvalue weighted by Crippen LogP contribution is 2.25. The minimum absolute atomic E-state index is 0.242. The summed E-state index contributed by atoms with van der Waals surface area (Å²) in [5.74, 6) is 2.49. The van der Waals surface area contributed by atoms with Gasteiger partial charge in [0.2, 0.25) is 0 Å². The Hall–Kier alpha value is -0.330. The topological polar surface area (TPSA) is 21.3 Å². The zero-order valence-corrected chi connectivity index (χ0v) is 12.1. The molecule has 1 unspecified atom stereocenters. The summed E-state index contributed by atoms with van der Waals surface area (Å²) in [5.41, 5.74) is 0.751. The molecule has 6 heteroatoms. The number of nitrogens with one attached hydrogen (secondary N) is 1. The molecule has 2 nitrogen and oxygen atoms in total. The molecule has 0 spiro atoms. The van der Waals surface area contributed by atoms with Crippen LogP contribution in [0.2, 0.25) is 0 Å². The number of alkyl halides is 2. The molecule has 1 N–H and O–H groups in total. The molecule has 18 heavy (non-hydrogen) atoms. The lowest BCUT2D eigenvalue weighted by atomic mass is 10.2. The third kappa shape index (κ3) is 4.10. The SMILES string of the molecule is FC(F)Oc1ccc(Br)cc1CNC1CCSC1. The van der Waals surface area contributed by atoms with Crippen molar-refractivity contribution in [2.75, 3.05) is 11.5 Å². The van der Waals surface area contributed by atoms with Crippen molar-refractivity contribution in [2.45, 2.75) is 25.6 Å². The predicted molar refractivity (Wildman–Crippen MR) is 73.3 cm³/mol. The van der Waals surface area contributed by atoms with Gasteiger partial charge in [-0.05, 0) is 30.4 Å². The fourth-order valence-electron chi connectivity index (χ4n) is 1.85. The van der Waals surface area contributed by atoms with E-state index in [1.807, 2.05) is 17.8 Å². The number of hydrogen-bond acceptors (Lipinski definition) is 3. The number of hydrogen-bond donors (Lipinski definition) is 1. The Morgan fingerprint density at radius 1 is 1.50 bits per heavy atom. The van der Waals surface area contributed by atoms with Crippen molar-refractivity contribution >= 4 is 27.7 Å². The first-order chi connectivity index (χ1) is 8.65. The van der Waals surface area contributed by atoms with Crippen LogP contribution in [-0.4, -0.2) is 24.2 Å². The van der Waals surface area contributed by atoms with E-state index in [0.29, 0.717) is 12.6 Å². The normalized spacial score (nSPS) is 19.4. The third-order valence-corrected chi connectivity index (χ3v) is 4.41. The molecular formula is C12H14BrF2NOS. The van der Waals surface area contributed by atoms with Gasteiger partial charge in [0, 0.05) is 28.4 Å². The summed E-state index contributed by atoms with van der Waals surface area (Å²) >= 11 is 5.25. The van der Waals surface area contributed by atoms with Gasteiger partial charge in [-0.15, -0.1) is 0 Å². The number of halogens is 3. The highest BCUT2D eigenvalue weighted by molar-refractivity contribution is 9.10. The van der Waals surface area contributed by atoms with Crippen LogP contribution in [0.15, 0.2) is 22.7 Å². The van der Waals surface area contributed by atoms with Gasteiger partial charge in [0.15, 0.2) is 0 Å². The van der Waals surface area contributed by atoms with Crippen LogP contribution < -0.4 is 10.1 Å². The van der Waals surface area contributed by atoms with Crippen LogP contribution in [0.25, 0.3) is 0 Å². The van der Waals surface area contributed by atoms with E-state index in [4.69, 9.17) is 0 Å². The summed E-state index contributed by atoms with van der Waals surface area (Å²) in [6, 6.07) is 5.55. The van der Waals surface area contributed by atoms with Crippen molar-refractivity contribution in [2.24, 2.45) is 0 Å². The summed E-state index contributed by atoms with van der Waals surface area (Å²) in [5, 5.41) is 3.37. The molecule has 0 radical (unpaired) electrons. The van der Waals surface area contributed by atoms with Crippen molar-refractivity contribution in [3.05, 3.63) is 28.2 Å². The average Bonchev–Trinajstić information content (AvgIpc) is 2.82. The molecule has 1 aliphatic rings. The molecule has 1 aliphatic heterocycles. The van der Waals surface area contributed by atoms with Gasteiger partial charge in [-0.3, -0.25) is 0 Å². The number of benzene rings is 1. The zero-order valence-electron chi connectivity index (χ0n) is 9.67. The monoisotopic (exact) mass is 337 g/mol. The molecule has 2 rings (SSSR count). The van der Waals surface area contributed by atoms with Gasteiger partial charge in [-0.1, -0.05) is 15.9 Å². The summed E-state index contributed by atoms with van der Waals surface area (Å²) in [7, 11) is 0. The van der Waals surface area contributed by atoms with Crippen molar-refractivity contribution < 1.29 is 13.5 Å². The van der Waals surface area contributed by atoms with Crippen LogP contribution in [0.4, 0.5) is 8.78 Å². The highest BCUT2D eigenvalue weighted by atomic mass is 79.9. The van der Waals surface area contributed by atoms with Crippen LogP contribution in [-0.2, 0) is 6.54 Å². The van der Waals surface area contributed by atoms with Crippen LogP contribution >= 0.6 is 27.7 Å². The van der Waals surface area contributed by atoms with E-state index in [1.54, 1.807) is 12.1 Å². The lowest BCUT2D eigenvalue weighted by Gasteiger charge is -2.15. The van der Waals surface area contributed by atoms with Crippen molar-refractivity contribution in [1.82, 2.24) is 5.32 Å². The maximum atomic E-state index is 12.3. The molecule has 1 saturated heterocycles. The van der Waals surface area contributed by atoms with E-state index >= 15 is 0 Å². The molecule has 100 valence electrons. The first-order valence-corrected chi connectivity index (χ1v) is 7.64. The van der Waals surface area contributed by atoms with Gasteiger partial charge in [-0.2, -0.15) is 20.5 Å². The van der Waals surface area contributed by atoms with E-state index in [9.17, 15) is 8.78 Å². The molecule has 0 saturated carbocycles. The largest absolute Gasteiger partial charge is 0.434 e. The van der Waals surface area contributed by atoms with Gasteiger partial charge >= 0.3 is 6.61 Å². The zero-order chi connectivity index (χ0) is 13.0. The van der Waals surface area contributed by atoms with Gasteiger partial charge in [0.05, 0.1) is 0 Å². The Morgan fingerprint density at radius 2 is 2.33 bits per heavy atom. The Bertz CT molecular complexity index is 400. The van der Waals surface area contributed by atoms with E-state index in [2.05, 4.69) is 26.0 Å². The van der Waals surface area contributed by atoms with Crippen LogP contribution in [0.3, 0.4) is 0 Å². The van der Waals surface area contributed by atoms with Gasteiger partial charge in [-0.25, -0.2) is 0 Å². The Balaban J connectivity index is 2.01. The van der Waals surface area contributed by atoms with E-state index in [0.717, 1.165) is 28.0 Å². The summed E-state index contributed by atoms with van der Waals surface area (Å²) in [6.07, 6.45) is 1.13. The molecule has 1 heterocycles. The first-order valence-electron chi connectivity index (χ1n) is 5.69. The average molecular weight is 338 g/mol. The predicted octanol–water partition coefficient (Wildman–Crippen LogP) is 3.65. The Kier molecular flexibility index (Phi) is 5.26. The molecule has 1 fully saturated rings. The summed E-state index contributed by atoms with van der Waals surface area (Å²) in [4.78, 5) is 0. The Morgan fingerprint density at radius 3 is 3.00 bits per heavy atom. The first kappa shape index (κ1) is 14.1. The second-order valence-corrected chi connectivity index (χ2v) is 6.14. The van der Waals surface area contributed by atoms with Crippen LogP contribution in [0, 0.1) is 0 Å². The second kappa shape index (κ2) is 6.73. The molecule has 0 aliphatic carbocycles. The van der Waals surface area contributed by atoms with Crippen LogP contribution in [0.5, 0.6) is 5.75 Å². The van der Waals surface area contributed by atoms with Crippen LogP contribution in [0.1, 0.15) is 12.0 Å². The van der Waals surface area contributed by atoms with Gasteiger partial charge in [0.25, 0.3) is 0 Å².